The van der Waals surface area contributed by atoms with E-state index >= 15 is 0 Å². The second-order valence-corrected chi connectivity index (χ2v) is 4.26. The summed E-state index contributed by atoms with van der Waals surface area (Å²) >= 11 is 0. The topological polar surface area (TPSA) is 21.7 Å². The van der Waals surface area contributed by atoms with Gasteiger partial charge in [-0.1, -0.05) is 6.07 Å². The maximum absolute atomic E-state index is 5.69. The molecule has 0 aliphatic carbocycles. The molecule has 0 spiro atoms. The van der Waals surface area contributed by atoms with Crippen LogP contribution in [-0.2, 0) is 4.74 Å². The summed E-state index contributed by atoms with van der Waals surface area (Å²) in [6, 6.07) is 8.27. The lowest BCUT2D eigenvalue weighted by atomic mass is 10.2. The molecule has 0 unspecified atom stereocenters. The van der Waals surface area contributed by atoms with Gasteiger partial charge in [-0.3, -0.25) is 0 Å². The van der Waals surface area contributed by atoms with E-state index < -0.39 is 0 Å². The van der Waals surface area contributed by atoms with Gasteiger partial charge in [-0.15, -0.1) is 0 Å². The third-order valence-corrected chi connectivity index (χ3v) is 2.57. The van der Waals surface area contributed by atoms with Crippen LogP contribution in [0.2, 0.25) is 0 Å². The zero-order valence-corrected chi connectivity index (χ0v) is 9.98. The van der Waals surface area contributed by atoms with Crippen molar-refractivity contribution in [2.24, 2.45) is 0 Å². The Bertz CT molecular complexity index is 332. The average Bonchev–Trinajstić information content (AvgIpc) is 2.30. The summed E-state index contributed by atoms with van der Waals surface area (Å²) in [4.78, 5) is 2.33. The van der Waals surface area contributed by atoms with Crippen LogP contribution in [0, 0.1) is 0 Å². The fraction of sp³-hybridized carbons (Fsp3) is 0.538. The largest absolute Gasteiger partial charge is 0.491 e. The van der Waals surface area contributed by atoms with Crippen LogP contribution in [0.5, 0.6) is 5.75 Å². The van der Waals surface area contributed by atoms with Crippen LogP contribution in [0.25, 0.3) is 0 Å². The molecule has 1 aromatic carbocycles. The van der Waals surface area contributed by atoms with E-state index in [1.54, 1.807) is 0 Å². The van der Waals surface area contributed by atoms with E-state index in [2.05, 4.69) is 17.0 Å². The maximum Gasteiger partial charge on any atom is 0.121 e. The Hall–Kier alpha value is -1.22. The third kappa shape index (κ3) is 2.89. The highest BCUT2D eigenvalue weighted by Crippen LogP contribution is 2.22. The number of benzene rings is 1. The summed E-state index contributed by atoms with van der Waals surface area (Å²) in [6.45, 7) is 7.64. The first-order chi connectivity index (χ1) is 7.75. The van der Waals surface area contributed by atoms with Gasteiger partial charge in [0, 0.05) is 24.8 Å². The maximum atomic E-state index is 5.69. The summed E-state index contributed by atoms with van der Waals surface area (Å²) in [6.07, 6.45) is 0.222. The Morgan fingerprint density at radius 2 is 2.00 bits per heavy atom. The minimum Gasteiger partial charge on any atom is -0.491 e. The minimum atomic E-state index is 0.222. The molecule has 3 nitrogen and oxygen atoms in total. The summed E-state index contributed by atoms with van der Waals surface area (Å²) in [5.74, 6) is 0.944. The summed E-state index contributed by atoms with van der Waals surface area (Å²) in [5.41, 5.74) is 1.22. The molecule has 0 atom stereocenters. The van der Waals surface area contributed by atoms with E-state index in [0.717, 1.165) is 32.1 Å². The SMILES string of the molecule is CC(C)Oc1cccc(N2CCOCC2)c1. The summed E-state index contributed by atoms with van der Waals surface area (Å²) in [7, 11) is 0. The first-order valence-electron chi connectivity index (χ1n) is 5.85. The quantitative estimate of drug-likeness (QED) is 0.781. The first kappa shape index (κ1) is 11.3. The Kier molecular flexibility index (Phi) is 3.67. The van der Waals surface area contributed by atoms with Crippen molar-refractivity contribution in [3.05, 3.63) is 24.3 Å². The lowest BCUT2D eigenvalue weighted by molar-refractivity contribution is 0.122. The Morgan fingerprint density at radius 1 is 1.25 bits per heavy atom. The Morgan fingerprint density at radius 3 is 2.69 bits per heavy atom. The van der Waals surface area contributed by atoms with Crippen LogP contribution in [0.4, 0.5) is 5.69 Å². The highest BCUT2D eigenvalue weighted by molar-refractivity contribution is 5.51. The number of morpholine rings is 1. The van der Waals surface area contributed by atoms with E-state index in [1.807, 2.05) is 26.0 Å². The number of hydrogen-bond acceptors (Lipinski definition) is 3. The molecule has 0 saturated carbocycles. The van der Waals surface area contributed by atoms with Gasteiger partial charge < -0.3 is 14.4 Å². The second-order valence-electron chi connectivity index (χ2n) is 4.26. The van der Waals surface area contributed by atoms with Gasteiger partial charge in [0.15, 0.2) is 0 Å². The van der Waals surface area contributed by atoms with Gasteiger partial charge in [-0.2, -0.15) is 0 Å². The molecule has 0 bridgehead atoms. The average molecular weight is 221 g/mol. The smallest absolute Gasteiger partial charge is 0.121 e. The standard InChI is InChI=1S/C13H19NO2/c1-11(2)16-13-5-3-4-12(10-13)14-6-8-15-9-7-14/h3-5,10-11H,6-9H2,1-2H3. The van der Waals surface area contributed by atoms with Crippen LogP contribution in [0.3, 0.4) is 0 Å². The predicted octanol–water partition coefficient (Wildman–Crippen LogP) is 2.31. The van der Waals surface area contributed by atoms with Crippen molar-refractivity contribution in [3.8, 4) is 5.75 Å². The third-order valence-electron chi connectivity index (χ3n) is 2.57. The monoisotopic (exact) mass is 221 g/mol. The van der Waals surface area contributed by atoms with Crippen LogP contribution < -0.4 is 9.64 Å². The van der Waals surface area contributed by atoms with Crippen LogP contribution >= 0.6 is 0 Å². The number of anilines is 1. The van der Waals surface area contributed by atoms with E-state index in [9.17, 15) is 0 Å². The van der Waals surface area contributed by atoms with Gasteiger partial charge in [0.05, 0.1) is 19.3 Å². The lowest BCUT2D eigenvalue weighted by Gasteiger charge is -2.29. The molecule has 16 heavy (non-hydrogen) atoms. The van der Waals surface area contributed by atoms with Crippen molar-refractivity contribution in [1.29, 1.82) is 0 Å². The molecule has 0 radical (unpaired) electrons. The molecule has 1 fully saturated rings. The molecule has 0 aromatic heterocycles. The minimum absolute atomic E-state index is 0.222. The van der Waals surface area contributed by atoms with Gasteiger partial charge >= 0.3 is 0 Å². The van der Waals surface area contributed by atoms with Gasteiger partial charge in [0.2, 0.25) is 0 Å². The van der Waals surface area contributed by atoms with Gasteiger partial charge in [-0.25, -0.2) is 0 Å². The number of hydrogen-bond donors (Lipinski definition) is 0. The summed E-state index contributed by atoms with van der Waals surface area (Å²) in [5, 5.41) is 0. The normalized spacial score (nSPS) is 16.6. The van der Waals surface area contributed by atoms with Crippen LogP contribution in [0.1, 0.15) is 13.8 Å². The summed E-state index contributed by atoms with van der Waals surface area (Å²) < 4.78 is 11.0. The zero-order valence-electron chi connectivity index (χ0n) is 9.98. The molecule has 3 heteroatoms. The van der Waals surface area contributed by atoms with Gasteiger partial charge in [0.1, 0.15) is 5.75 Å². The molecule has 1 saturated heterocycles. The molecular weight excluding hydrogens is 202 g/mol. The fourth-order valence-electron chi connectivity index (χ4n) is 1.85. The number of ether oxygens (including phenoxy) is 2. The van der Waals surface area contributed by atoms with E-state index in [4.69, 9.17) is 9.47 Å². The van der Waals surface area contributed by atoms with Crippen molar-refractivity contribution in [2.75, 3.05) is 31.2 Å². The molecule has 88 valence electrons. The van der Waals surface area contributed by atoms with Crippen LogP contribution in [-0.4, -0.2) is 32.4 Å². The second kappa shape index (κ2) is 5.21. The predicted molar refractivity (Wildman–Crippen MR) is 65.2 cm³/mol. The highest BCUT2D eigenvalue weighted by atomic mass is 16.5. The molecule has 2 rings (SSSR count). The highest BCUT2D eigenvalue weighted by Gasteiger charge is 2.11. The molecule has 1 heterocycles. The van der Waals surface area contributed by atoms with Crippen LogP contribution in [0.15, 0.2) is 24.3 Å². The number of rotatable bonds is 3. The van der Waals surface area contributed by atoms with Crippen molar-refractivity contribution in [2.45, 2.75) is 20.0 Å². The molecule has 1 aromatic rings. The Balaban J connectivity index is 2.08. The van der Waals surface area contributed by atoms with E-state index in [1.165, 1.54) is 5.69 Å². The van der Waals surface area contributed by atoms with Crippen molar-refractivity contribution < 1.29 is 9.47 Å². The molecule has 1 aliphatic rings. The van der Waals surface area contributed by atoms with Crippen molar-refractivity contribution in [1.82, 2.24) is 0 Å². The molecular formula is C13H19NO2. The van der Waals surface area contributed by atoms with E-state index in [0.29, 0.717) is 0 Å². The molecule has 1 aliphatic heterocycles. The van der Waals surface area contributed by atoms with Crippen molar-refractivity contribution in [3.63, 3.8) is 0 Å². The molecule has 0 amide bonds. The fourth-order valence-corrected chi connectivity index (χ4v) is 1.85. The molecule has 0 N–H and O–H groups in total. The Labute approximate surface area is 97.0 Å². The van der Waals surface area contributed by atoms with Gasteiger partial charge in [0.25, 0.3) is 0 Å². The van der Waals surface area contributed by atoms with E-state index in [-0.39, 0.29) is 6.10 Å². The number of nitrogens with zero attached hydrogens (tertiary/aromatic N) is 1. The lowest BCUT2D eigenvalue weighted by Crippen LogP contribution is -2.36. The van der Waals surface area contributed by atoms with Crippen molar-refractivity contribution >= 4 is 5.69 Å². The first-order valence-corrected chi connectivity index (χ1v) is 5.85. The van der Waals surface area contributed by atoms with Gasteiger partial charge in [-0.05, 0) is 26.0 Å². The zero-order chi connectivity index (χ0) is 11.4.